The zero-order valence-corrected chi connectivity index (χ0v) is 12.0. The number of hydrogen-bond donors (Lipinski definition) is 1. The van der Waals surface area contributed by atoms with Crippen molar-refractivity contribution < 1.29 is 4.79 Å². The van der Waals surface area contributed by atoms with Gasteiger partial charge in [-0.15, -0.1) is 0 Å². The van der Waals surface area contributed by atoms with Gasteiger partial charge >= 0.3 is 0 Å². The summed E-state index contributed by atoms with van der Waals surface area (Å²) in [5.41, 5.74) is 0. The maximum absolute atomic E-state index is 12.1. The van der Waals surface area contributed by atoms with E-state index in [2.05, 4.69) is 24.3 Å². The Hall–Kier alpha value is -1.36. The molecule has 0 aliphatic heterocycles. The number of amides is 1. The van der Waals surface area contributed by atoms with Crippen molar-refractivity contribution in [1.82, 2.24) is 20.0 Å². The summed E-state index contributed by atoms with van der Waals surface area (Å²) in [4.78, 5) is 14.1. The van der Waals surface area contributed by atoms with E-state index in [-0.39, 0.29) is 18.0 Å². The Morgan fingerprint density at radius 1 is 1.53 bits per heavy atom. The van der Waals surface area contributed by atoms with Crippen LogP contribution < -0.4 is 5.32 Å². The topological polar surface area (TPSA) is 50.2 Å². The molecule has 2 rings (SSSR count). The number of carbonyl (C=O) groups excluding carboxylic acids is 1. The molecule has 1 fully saturated rings. The van der Waals surface area contributed by atoms with Crippen molar-refractivity contribution in [2.45, 2.75) is 51.7 Å². The molecule has 0 unspecified atom stereocenters. The van der Waals surface area contributed by atoms with Gasteiger partial charge in [-0.25, -0.2) is 0 Å². The Labute approximate surface area is 115 Å². The predicted octanol–water partition coefficient (Wildman–Crippen LogP) is 1.43. The van der Waals surface area contributed by atoms with Crippen molar-refractivity contribution in [2.75, 3.05) is 13.1 Å². The Kier molecular flexibility index (Phi) is 4.58. The highest BCUT2D eigenvalue weighted by Gasteiger charge is 2.31. The van der Waals surface area contributed by atoms with Gasteiger partial charge in [-0.05, 0) is 39.7 Å². The van der Waals surface area contributed by atoms with Crippen LogP contribution in [0.2, 0.25) is 0 Å². The molecule has 0 spiro atoms. The van der Waals surface area contributed by atoms with Gasteiger partial charge in [0.15, 0.2) is 0 Å². The number of rotatable bonds is 7. The fourth-order valence-corrected chi connectivity index (χ4v) is 2.30. The lowest BCUT2D eigenvalue weighted by Gasteiger charge is -2.25. The zero-order chi connectivity index (χ0) is 13.8. The molecule has 0 aromatic carbocycles. The molecular weight excluding hydrogens is 240 g/mol. The molecule has 106 valence electrons. The average molecular weight is 264 g/mol. The van der Waals surface area contributed by atoms with E-state index in [1.807, 2.05) is 28.8 Å². The van der Waals surface area contributed by atoms with Crippen molar-refractivity contribution in [2.24, 2.45) is 0 Å². The number of carbonyl (C=O) groups is 1. The van der Waals surface area contributed by atoms with Gasteiger partial charge in [0.25, 0.3) is 0 Å². The van der Waals surface area contributed by atoms with Crippen LogP contribution in [0.3, 0.4) is 0 Å². The van der Waals surface area contributed by atoms with Crippen LogP contribution in [0.5, 0.6) is 0 Å². The number of likely N-dealkylation sites (N-methyl/N-ethyl adjacent to an activating group) is 1. The van der Waals surface area contributed by atoms with E-state index in [1.54, 1.807) is 6.20 Å². The van der Waals surface area contributed by atoms with Crippen LogP contribution in [0.1, 0.15) is 39.7 Å². The molecule has 5 nitrogen and oxygen atoms in total. The molecule has 0 radical (unpaired) electrons. The van der Waals surface area contributed by atoms with Crippen LogP contribution in [0.15, 0.2) is 18.5 Å². The van der Waals surface area contributed by atoms with Crippen molar-refractivity contribution in [3.8, 4) is 0 Å². The molecule has 0 saturated heterocycles. The zero-order valence-electron chi connectivity index (χ0n) is 12.0. The van der Waals surface area contributed by atoms with Crippen molar-refractivity contribution in [3.05, 3.63) is 18.5 Å². The van der Waals surface area contributed by atoms with E-state index in [0.29, 0.717) is 12.6 Å². The van der Waals surface area contributed by atoms with E-state index in [1.165, 1.54) is 12.8 Å². The number of nitrogens with one attached hydrogen (secondary N) is 1. The Morgan fingerprint density at radius 2 is 2.26 bits per heavy atom. The van der Waals surface area contributed by atoms with Gasteiger partial charge < -0.3 is 10.2 Å². The maximum atomic E-state index is 12.1. The van der Waals surface area contributed by atoms with Crippen LogP contribution in [-0.4, -0.2) is 45.8 Å². The minimum absolute atomic E-state index is 0.210. The second-order valence-electron chi connectivity index (χ2n) is 5.31. The van der Waals surface area contributed by atoms with Crippen molar-refractivity contribution in [3.63, 3.8) is 0 Å². The normalized spacial score (nSPS) is 18.1. The first-order chi connectivity index (χ1) is 9.13. The first-order valence-corrected chi connectivity index (χ1v) is 7.15. The van der Waals surface area contributed by atoms with Gasteiger partial charge in [-0.2, -0.15) is 5.10 Å². The number of nitrogens with zero attached hydrogens (tertiary/aromatic N) is 3. The standard InChI is InChI=1S/C14H24N4O/c1-4-17(13-6-7-13)14(19)10-15-11(2)12(3)18-9-5-8-16-18/h5,8-9,11-13,15H,4,6-7,10H2,1-3H3/t11-,12+/m1/s1. The number of hydrogen-bond acceptors (Lipinski definition) is 3. The Morgan fingerprint density at radius 3 is 2.79 bits per heavy atom. The van der Waals surface area contributed by atoms with Crippen molar-refractivity contribution >= 4 is 5.91 Å². The van der Waals surface area contributed by atoms with E-state index in [4.69, 9.17) is 0 Å². The molecule has 1 saturated carbocycles. The highest BCUT2D eigenvalue weighted by atomic mass is 16.2. The monoisotopic (exact) mass is 264 g/mol. The van der Waals surface area contributed by atoms with E-state index in [0.717, 1.165) is 6.54 Å². The third-order valence-electron chi connectivity index (χ3n) is 3.89. The van der Waals surface area contributed by atoms with Gasteiger partial charge in [0, 0.05) is 31.0 Å². The Bertz CT molecular complexity index is 400. The van der Waals surface area contributed by atoms with Crippen LogP contribution in [0.4, 0.5) is 0 Å². The summed E-state index contributed by atoms with van der Waals surface area (Å²) in [7, 11) is 0. The Balaban J connectivity index is 1.79. The van der Waals surface area contributed by atoms with Crippen LogP contribution >= 0.6 is 0 Å². The third kappa shape index (κ3) is 3.56. The summed E-state index contributed by atoms with van der Waals surface area (Å²) in [5.74, 6) is 0.213. The molecule has 1 amide bonds. The third-order valence-corrected chi connectivity index (χ3v) is 3.89. The lowest BCUT2D eigenvalue weighted by atomic mass is 10.2. The molecule has 5 heteroatoms. The lowest BCUT2D eigenvalue weighted by Crippen LogP contribution is -2.44. The summed E-state index contributed by atoms with van der Waals surface area (Å²) >= 11 is 0. The molecule has 0 bridgehead atoms. The molecule has 19 heavy (non-hydrogen) atoms. The summed E-state index contributed by atoms with van der Waals surface area (Å²) < 4.78 is 1.92. The molecule has 1 heterocycles. The van der Waals surface area contributed by atoms with Gasteiger partial charge in [0.1, 0.15) is 0 Å². The second-order valence-corrected chi connectivity index (χ2v) is 5.31. The number of aromatic nitrogens is 2. The molecule has 1 aliphatic rings. The van der Waals surface area contributed by atoms with Gasteiger partial charge in [-0.3, -0.25) is 9.48 Å². The molecule has 1 N–H and O–H groups in total. The summed E-state index contributed by atoms with van der Waals surface area (Å²) in [6.07, 6.45) is 6.06. The van der Waals surface area contributed by atoms with Gasteiger partial charge in [0.05, 0.1) is 12.6 Å². The van der Waals surface area contributed by atoms with Gasteiger partial charge in [0.2, 0.25) is 5.91 Å². The molecule has 1 aromatic rings. The summed E-state index contributed by atoms with van der Waals surface area (Å²) in [6.45, 7) is 7.47. The minimum atomic E-state index is 0.210. The minimum Gasteiger partial charge on any atom is -0.339 e. The highest BCUT2D eigenvalue weighted by Crippen LogP contribution is 2.26. The van der Waals surface area contributed by atoms with Gasteiger partial charge in [-0.1, -0.05) is 0 Å². The quantitative estimate of drug-likeness (QED) is 0.810. The van der Waals surface area contributed by atoms with Crippen molar-refractivity contribution in [1.29, 1.82) is 0 Å². The molecular formula is C14H24N4O. The predicted molar refractivity (Wildman–Crippen MR) is 74.8 cm³/mol. The van der Waals surface area contributed by atoms with Crippen LogP contribution in [0, 0.1) is 0 Å². The average Bonchev–Trinajstić information content (AvgIpc) is 3.09. The van der Waals surface area contributed by atoms with E-state index in [9.17, 15) is 4.79 Å². The van der Waals surface area contributed by atoms with Crippen LogP contribution in [0.25, 0.3) is 0 Å². The maximum Gasteiger partial charge on any atom is 0.236 e. The van der Waals surface area contributed by atoms with Crippen LogP contribution in [-0.2, 0) is 4.79 Å². The summed E-state index contributed by atoms with van der Waals surface area (Å²) in [5, 5.41) is 7.55. The molecule has 1 aromatic heterocycles. The van der Waals surface area contributed by atoms with E-state index >= 15 is 0 Å². The molecule has 1 aliphatic carbocycles. The smallest absolute Gasteiger partial charge is 0.236 e. The largest absolute Gasteiger partial charge is 0.339 e. The second kappa shape index (κ2) is 6.19. The fourth-order valence-electron chi connectivity index (χ4n) is 2.30. The first kappa shape index (κ1) is 14.1. The summed E-state index contributed by atoms with van der Waals surface area (Å²) in [6, 6.07) is 2.86. The SMILES string of the molecule is CCN(C(=O)CN[C@H](C)[C@H](C)n1cccn1)C1CC1. The first-order valence-electron chi connectivity index (χ1n) is 7.15. The fraction of sp³-hybridized carbons (Fsp3) is 0.714. The molecule has 2 atom stereocenters. The lowest BCUT2D eigenvalue weighted by molar-refractivity contribution is -0.130. The van der Waals surface area contributed by atoms with E-state index < -0.39 is 0 Å². The highest BCUT2D eigenvalue weighted by molar-refractivity contribution is 5.78.